The smallest absolute Gasteiger partial charge is 0.306 e. The lowest BCUT2D eigenvalue weighted by atomic mass is 10.1. The maximum atomic E-state index is 12.6. The van der Waals surface area contributed by atoms with Crippen LogP contribution < -0.4 is 4.89 Å². The summed E-state index contributed by atoms with van der Waals surface area (Å²) in [4.78, 5) is 25.0. The number of carbonyl (C=O) groups is 1. The minimum Gasteiger partial charge on any atom is -0.756 e. The summed E-state index contributed by atoms with van der Waals surface area (Å²) < 4.78 is 34.2. The van der Waals surface area contributed by atoms with Gasteiger partial charge in [0.25, 0.3) is 7.82 Å². The summed E-state index contributed by atoms with van der Waals surface area (Å²) in [6.45, 7) is 4.49. The van der Waals surface area contributed by atoms with Crippen LogP contribution in [-0.4, -0.2) is 75.3 Å². The van der Waals surface area contributed by atoms with Crippen molar-refractivity contribution in [3.05, 3.63) is 73.1 Å². The van der Waals surface area contributed by atoms with Crippen LogP contribution in [0.15, 0.2) is 73.1 Å². The number of likely N-dealkylation sites (N-methyl/N-ethyl adjacent to an activating group) is 1. The molecule has 1 unspecified atom stereocenters. The Bertz CT molecular complexity index is 1140. The van der Waals surface area contributed by atoms with Gasteiger partial charge in [-0.1, -0.05) is 139 Å². The zero-order valence-electron chi connectivity index (χ0n) is 36.2. The average Bonchev–Trinajstić information content (AvgIpc) is 3.14. The van der Waals surface area contributed by atoms with E-state index in [9.17, 15) is 19.4 Å². The van der Waals surface area contributed by atoms with Gasteiger partial charge in [0.15, 0.2) is 6.10 Å². The first-order valence-electron chi connectivity index (χ1n) is 21.8. The fourth-order valence-electron chi connectivity index (χ4n) is 5.43. The number of aliphatic hydroxyl groups is 1. The summed E-state index contributed by atoms with van der Waals surface area (Å²) in [6.07, 6.45) is 46.2. The van der Waals surface area contributed by atoms with Gasteiger partial charge in [0.1, 0.15) is 19.8 Å². The van der Waals surface area contributed by atoms with E-state index in [1.807, 2.05) is 51.5 Å². The standard InChI is InChI=1S/C46H82NO8P/c1-6-8-10-11-12-13-14-15-16-17-18-22-25-28-31-35-40-52-42-45(43-54-56(50,51)53-41-39-47(3,4)5)55-46(49)38-34-30-27-24-21-19-20-23-26-29-33-37-44(48)36-32-9-7-2/h13-14,19-20,24,26-27,29,33,35,37,40,44-45,48H,6-12,15-18,21-23,25,28,30-32,34,36,38-39,41-43H2,1-5H3/b14-13-,20-19-,27-24-,29-26-,37-33+,40-35+/t44-,45+/m0/s1. The molecule has 0 aromatic carbocycles. The zero-order chi connectivity index (χ0) is 41.4. The number of hydrogen-bond acceptors (Lipinski definition) is 8. The van der Waals surface area contributed by atoms with Crippen molar-refractivity contribution in [1.29, 1.82) is 0 Å². The normalized spacial score (nSPS) is 15.0. The van der Waals surface area contributed by atoms with Crippen LogP contribution in [0.1, 0.15) is 155 Å². The van der Waals surface area contributed by atoms with Crippen LogP contribution in [0.2, 0.25) is 0 Å². The van der Waals surface area contributed by atoms with E-state index in [4.69, 9.17) is 18.5 Å². The molecule has 10 heteroatoms. The van der Waals surface area contributed by atoms with Crippen LogP contribution in [0, 0.1) is 0 Å². The number of nitrogens with zero attached hydrogens (tertiary/aromatic N) is 1. The Hall–Kier alpha value is -2.26. The average molecular weight is 808 g/mol. The fourth-order valence-corrected chi connectivity index (χ4v) is 6.16. The minimum atomic E-state index is -4.57. The van der Waals surface area contributed by atoms with Gasteiger partial charge in [0, 0.05) is 6.42 Å². The van der Waals surface area contributed by atoms with Crippen LogP contribution in [0.25, 0.3) is 0 Å². The lowest BCUT2D eigenvalue weighted by Gasteiger charge is -2.28. The highest BCUT2D eigenvalue weighted by atomic mass is 31.2. The molecule has 0 aromatic rings. The second kappa shape index (κ2) is 38.3. The third-order valence-electron chi connectivity index (χ3n) is 8.90. The summed E-state index contributed by atoms with van der Waals surface area (Å²) in [6, 6.07) is 0. The molecule has 324 valence electrons. The van der Waals surface area contributed by atoms with Crippen molar-refractivity contribution in [2.24, 2.45) is 0 Å². The van der Waals surface area contributed by atoms with E-state index in [0.29, 0.717) is 17.4 Å². The number of rotatable bonds is 39. The van der Waals surface area contributed by atoms with Gasteiger partial charge >= 0.3 is 5.97 Å². The molecule has 3 atom stereocenters. The third-order valence-corrected chi connectivity index (χ3v) is 9.86. The Balaban J connectivity index is 4.47. The topological polar surface area (TPSA) is 114 Å². The summed E-state index contributed by atoms with van der Waals surface area (Å²) in [7, 11) is 1.25. The van der Waals surface area contributed by atoms with Crippen molar-refractivity contribution >= 4 is 13.8 Å². The molecular weight excluding hydrogens is 725 g/mol. The number of unbranched alkanes of at least 4 members (excludes halogenated alkanes) is 14. The Labute approximate surface area is 343 Å². The first kappa shape index (κ1) is 53.7. The number of quaternary nitrogens is 1. The summed E-state index contributed by atoms with van der Waals surface area (Å²) >= 11 is 0. The van der Waals surface area contributed by atoms with E-state index in [1.165, 1.54) is 70.6 Å². The summed E-state index contributed by atoms with van der Waals surface area (Å²) in [5, 5.41) is 9.91. The highest BCUT2D eigenvalue weighted by Gasteiger charge is 2.20. The van der Waals surface area contributed by atoms with Gasteiger partial charge in [0.2, 0.25) is 0 Å². The van der Waals surface area contributed by atoms with Crippen LogP contribution in [-0.2, 0) is 27.9 Å². The molecule has 1 N–H and O–H groups in total. The van der Waals surface area contributed by atoms with Gasteiger partial charge in [-0.05, 0) is 76.7 Å². The monoisotopic (exact) mass is 808 g/mol. The molecule has 0 fully saturated rings. The molecule has 0 aromatic heterocycles. The second-order valence-electron chi connectivity index (χ2n) is 15.6. The Morgan fingerprint density at radius 1 is 0.679 bits per heavy atom. The largest absolute Gasteiger partial charge is 0.756 e. The number of ether oxygens (including phenoxy) is 2. The molecule has 0 aliphatic heterocycles. The molecule has 0 rings (SSSR count). The molecule has 0 aliphatic rings. The molecule has 0 heterocycles. The maximum absolute atomic E-state index is 12.6. The van der Waals surface area contributed by atoms with E-state index in [-0.39, 0.29) is 32.3 Å². The lowest BCUT2D eigenvalue weighted by molar-refractivity contribution is -0.870. The number of hydrogen-bond donors (Lipinski definition) is 1. The van der Waals surface area contributed by atoms with Crippen molar-refractivity contribution in [2.75, 3.05) is 47.5 Å². The predicted octanol–water partition coefficient (Wildman–Crippen LogP) is 11.4. The van der Waals surface area contributed by atoms with Crippen molar-refractivity contribution in [2.45, 2.75) is 167 Å². The van der Waals surface area contributed by atoms with Gasteiger partial charge in [-0.15, -0.1) is 0 Å². The number of phosphoric acid groups is 1. The fraction of sp³-hybridized carbons (Fsp3) is 0.717. The highest BCUT2D eigenvalue weighted by molar-refractivity contribution is 7.45. The van der Waals surface area contributed by atoms with Crippen LogP contribution >= 0.6 is 7.82 Å². The van der Waals surface area contributed by atoms with Crippen LogP contribution in [0.5, 0.6) is 0 Å². The van der Waals surface area contributed by atoms with Gasteiger partial charge in [-0.2, -0.15) is 0 Å². The first-order chi connectivity index (χ1) is 27.0. The van der Waals surface area contributed by atoms with Gasteiger partial charge in [-0.25, -0.2) is 0 Å². The third kappa shape index (κ3) is 41.4. The predicted molar refractivity (Wildman–Crippen MR) is 232 cm³/mol. The van der Waals surface area contributed by atoms with E-state index in [0.717, 1.165) is 57.8 Å². The highest BCUT2D eigenvalue weighted by Crippen LogP contribution is 2.38. The molecular formula is C46H82NO8P. The molecule has 0 spiro atoms. The van der Waals surface area contributed by atoms with Gasteiger partial charge in [-0.3, -0.25) is 9.36 Å². The molecule has 0 saturated carbocycles. The van der Waals surface area contributed by atoms with Crippen molar-refractivity contribution in [1.82, 2.24) is 0 Å². The van der Waals surface area contributed by atoms with E-state index >= 15 is 0 Å². The molecule has 56 heavy (non-hydrogen) atoms. The van der Waals surface area contributed by atoms with E-state index < -0.39 is 19.9 Å². The Morgan fingerprint density at radius 2 is 1.23 bits per heavy atom. The SMILES string of the molecule is CCCCCC/C=C\CCCCCCCC/C=C/OC[C@H](COP(=O)([O-])OCC[N+](C)(C)C)OC(=O)CCC/C=C\C/C=C\C/C=C\C=C\[C@@H](O)CCCCC. The number of phosphoric ester groups is 1. The zero-order valence-corrected chi connectivity index (χ0v) is 37.1. The summed E-state index contributed by atoms with van der Waals surface area (Å²) in [5.74, 6) is -0.432. The molecule has 0 bridgehead atoms. The van der Waals surface area contributed by atoms with Crippen LogP contribution in [0.4, 0.5) is 0 Å². The minimum absolute atomic E-state index is 0.00635. The van der Waals surface area contributed by atoms with Gasteiger partial charge < -0.3 is 33.0 Å². The van der Waals surface area contributed by atoms with Crippen LogP contribution in [0.3, 0.4) is 0 Å². The lowest BCUT2D eigenvalue weighted by Crippen LogP contribution is -2.37. The molecule has 0 saturated heterocycles. The molecule has 0 radical (unpaired) electrons. The number of aliphatic hydroxyl groups excluding tert-OH is 1. The molecule has 9 nitrogen and oxygen atoms in total. The van der Waals surface area contributed by atoms with Gasteiger partial charge in [0.05, 0.1) is 40.1 Å². The van der Waals surface area contributed by atoms with E-state index in [1.54, 1.807) is 6.26 Å². The van der Waals surface area contributed by atoms with Crippen molar-refractivity contribution in [3.8, 4) is 0 Å². The quantitative estimate of drug-likeness (QED) is 0.0124. The maximum Gasteiger partial charge on any atom is 0.306 e. The van der Waals surface area contributed by atoms with Crippen molar-refractivity contribution in [3.63, 3.8) is 0 Å². The molecule has 0 aliphatic carbocycles. The number of esters is 1. The van der Waals surface area contributed by atoms with E-state index in [2.05, 4.69) is 50.3 Å². The number of carbonyl (C=O) groups excluding carboxylic acids is 1. The Morgan fingerprint density at radius 3 is 1.89 bits per heavy atom. The second-order valence-corrected chi connectivity index (χ2v) is 17.0. The Kier molecular flexibility index (Phi) is 36.7. The van der Waals surface area contributed by atoms with Crippen molar-refractivity contribution < 1.29 is 42.4 Å². The first-order valence-corrected chi connectivity index (χ1v) is 23.3. The number of allylic oxidation sites excluding steroid dienone is 10. The molecule has 0 amide bonds. The summed E-state index contributed by atoms with van der Waals surface area (Å²) in [5.41, 5.74) is 0.